The largest absolute Gasteiger partial charge is 0.356 e. The topological polar surface area (TPSA) is 133 Å². The maximum atomic E-state index is 13.2. The first kappa shape index (κ1) is 27.2. The molecule has 0 aliphatic heterocycles. The molecule has 1 amide bonds. The van der Waals surface area contributed by atoms with E-state index in [2.05, 4.69) is 10.3 Å². The van der Waals surface area contributed by atoms with Crippen molar-refractivity contribution in [2.45, 2.75) is 25.3 Å². The number of carbonyl (C=O) groups is 1. The molecule has 1 N–H and O–H groups in total. The number of nitrogens with one attached hydrogen (secondary N) is 1. The minimum Gasteiger partial charge on any atom is -0.356 e. The molecule has 0 bridgehead atoms. The van der Waals surface area contributed by atoms with Crippen LogP contribution in [0.2, 0.25) is 0 Å². The standard InChI is InChI=1S/C31H27N5O5/c37-31(33-16-14-24-10-4-5-15-32-24)19-27(23-9-6-11-25(17-23)35(38)39)29-21-34(20-22-7-2-1-3-8-22)30-13-12-26(36(40)41)18-28(29)30/h1-13,15,17-18,21,27H,14,16,19-20H2,(H,33,37)/t27-/m0/s1. The predicted octanol–water partition coefficient (Wildman–Crippen LogP) is 5.78. The first-order chi connectivity index (χ1) is 19.9. The van der Waals surface area contributed by atoms with E-state index in [4.69, 9.17) is 0 Å². The minimum absolute atomic E-state index is 0.00344. The summed E-state index contributed by atoms with van der Waals surface area (Å²) in [6, 6.07) is 26.2. The van der Waals surface area contributed by atoms with Crippen LogP contribution in [0.15, 0.2) is 103 Å². The Hall–Kier alpha value is -5.38. The van der Waals surface area contributed by atoms with Crippen LogP contribution in [0.1, 0.15) is 34.7 Å². The summed E-state index contributed by atoms with van der Waals surface area (Å²) in [5, 5.41) is 26.8. The number of rotatable bonds is 11. The van der Waals surface area contributed by atoms with Gasteiger partial charge in [-0.3, -0.25) is 30.0 Å². The van der Waals surface area contributed by atoms with Gasteiger partial charge in [0.05, 0.1) is 9.85 Å². The fraction of sp³-hybridized carbons (Fsp3) is 0.161. The van der Waals surface area contributed by atoms with Gasteiger partial charge in [-0.25, -0.2) is 0 Å². The van der Waals surface area contributed by atoms with Gasteiger partial charge in [0.2, 0.25) is 5.91 Å². The zero-order valence-corrected chi connectivity index (χ0v) is 22.1. The maximum absolute atomic E-state index is 13.2. The van der Waals surface area contributed by atoms with Crippen LogP contribution in [0.5, 0.6) is 0 Å². The van der Waals surface area contributed by atoms with Gasteiger partial charge in [-0.05, 0) is 34.9 Å². The minimum atomic E-state index is -0.591. The number of nitro groups is 2. The van der Waals surface area contributed by atoms with Crippen molar-refractivity contribution in [3.63, 3.8) is 0 Å². The van der Waals surface area contributed by atoms with E-state index in [9.17, 15) is 25.0 Å². The third-order valence-electron chi connectivity index (χ3n) is 6.98. The lowest BCUT2D eigenvalue weighted by Crippen LogP contribution is -2.27. The fourth-order valence-electron chi connectivity index (χ4n) is 5.01. The summed E-state index contributed by atoms with van der Waals surface area (Å²) in [4.78, 5) is 39.9. The third-order valence-corrected chi connectivity index (χ3v) is 6.98. The summed E-state index contributed by atoms with van der Waals surface area (Å²) in [6.45, 7) is 0.881. The zero-order valence-electron chi connectivity index (χ0n) is 22.1. The summed E-state index contributed by atoms with van der Waals surface area (Å²) in [5.41, 5.74) is 3.73. The Kier molecular flexibility index (Phi) is 8.10. The lowest BCUT2D eigenvalue weighted by molar-refractivity contribution is -0.385. The summed E-state index contributed by atoms with van der Waals surface area (Å²) in [5.74, 6) is -0.835. The van der Waals surface area contributed by atoms with Crippen molar-refractivity contribution in [1.29, 1.82) is 0 Å². The normalized spacial score (nSPS) is 11.7. The number of fused-ring (bicyclic) bond motifs is 1. The Morgan fingerprint density at radius 1 is 0.878 bits per heavy atom. The molecule has 3 aromatic carbocycles. The molecule has 0 saturated heterocycles. The second-order valence-corrected chi connectivity index (χ2v) is 9.69. The van der Waals surface area contributed by atoms with Crippen LogP contribution in [-0.4, -0.2) is 31.8 Å². The van der Waals surface area contributed by atoms with Gasteiger partial charge < -0.3 is 9.88 Å². The molecule has 10 nitrogen and oxygen atoms in total. The maximum Gasteiger partial charge on any atom is 0.270 e. The SMILES string of the molecule is O=C(C[C@@H](c1cccc([N+](=O)[O-])c1)c1cn(Cc2ccccc2)c2ccc([N+](=O)[O-])cc12)NCCc1ccccn1. The van der Waals surface area contributed by atoms with Gasteiger partial charge in [0.25, 0.3) is 11.4 Å². The van der Waals surface area contributed by atoms with Gasteiger partial charge in [0, 0.05) is 85.1 Å². The summed E-state index contributed by atoms with van der Waals surface area (Å²) in [6.07, 6.45) is 4.14. The molecule has 41 heavy (non-hydrogen) atoms. The van der Waals surface area contributed by atoms with Crippen LogP contribution in [0.4, 0.5) is 11.4 Å². The molecule has 0 spiro atoms. The molecule has 5 aromatic rings. The number of hydrogen-bond donors (Lipinski definition) is 1. The third kappa shape index (κ3) is 6.44. The molecule has 2 aromatic heterocycles. The summed E-state index contributed by atoms with van der Waals surface area (Å²) in [7, 11) is 0. The van der Waals surface area contributed by atoms with E-state index in [0.717, 1.165) is 16.8 Å². The monoisotopic (exact) mass is 549 g/mol. The molecule has 0 saturated carbocycles. The van der Waals surface area contributed by atoms with E-state index in [1.807, 2.05) is 59.3 Å². The molecule has 10 heteroatoms. The van der Waals surface area contributed by atoms with Crippen LogP contribution in [0.3, 0.4) is 0 Å². The molecule has 0 aliphatic carbocycles. The van der Waals surface area contributed by atoms with Crippen molar-refractivity contribution in [2.24, 2.45) is 0 Å². The van der Waals surface area contributed by atoms with Gasteiger partial charge in [-0.15, -0.1) is 0 Å². The molecule has 1 atom stereocenters. The van der Waals surface area contributed by atoms with E-state index in [0.29, 0.717) is 36.0 Å². The van der Waals surface area contributed by atoms with Gasteiger partial charge in [0.1, 0.15) is 0 Å². The average Bonchev–Trinajstić information content (AvgIpc) is 3.34. The average molecular weight is 550 g/mol. The Bertz CT molecular complexity index is 1700. The van der Waals surface area contributed by atoms with Crippen LogP contribution in [-0.2, 0) is 17.8 Å². The number of non-ortho nitro benzene ring substituents is 2. The summed E-state index contributed by atoms with van der Waals surface area (Å²) < 4.78 is 1.99. The number of carbonyl (C=O) groups excluding carboxylic acids is 1. The van der Waals surface area contributed by atoms with Crippen molar-refractivity contribution >= 4 is 28.2 Å². The quantitative estimate of drug-likeness (QED) is 0.164. The van der Waals surface area contributed by atoms with Gasteiger partial charge in [0.15, 0.2) is 0 Å². The molecule has 206 valence electrons. The number of aromatic nitrogens is 2. The van der Waals surface area contributed by atoms with E-state index in [1.165, 1.54) is 24.3 Å². The number of amides is 1. The number of benzene rings is 3. The van der Waals surface area contributed by atoms with E-state index < -0.39 is 15.8 Å². The first-order valence-corrected chi connectivity index (χ1v) is 13.1. The van der Waals surface area contributed by atoms with Crippen molar-refractivity contribution in [3.8, 4) is 0 Å². The predicted molar refractivity (Wildman–Crippen MR) is 155 cm³/mol. The molecule has 5 rings (SSSR count). The van der Waals surface area contributed by atoms with Crippen LogP contribution >= 0.6 is 0 Å². The molecule has 0 fully saturated rings. The van der Waals surface area contributed by atoms with Gasteiger partial charge in [-0.2, -0.15) is 0 Å². The second-order valence-electron chi connectivity index (χ2n) is 9.69. The number of pyridine rings is 1. The van der Waals surface area contributed by atoms with Crippen molar-refractivity contribution in [3.05, 3.63) is 146 Å². The zero-order chi connectivity index (χ0) is 28.8. The number of nitrogens with zero attached hydrogens (tertiary/aromatic N) is 4. The van der Waals surface area contributed by atoms with E-state index >= 15 is 0 Å². The molecular weight excluding hydrogens is 522 g/mol. The molecule has 0 radical (unpaired) electrons. The van der Waals surface area contributed by atoms with E-state index in [1.54, 1.807) is 24.4 Å². The highest BCUT2D eigenvalue weighted by Gasteiger charge is 2.25. The molecular formula is C31H27N5O5. The summed E-state index contributed by atoms with van der Waals surface area (Å²) >= 11 is 0. The van der Waals surface area contributed by atoms with Crippen molar-refractivity contribution in [2.75, 3.05) is 6.54 Å². The smallest absolute Gasteiger partial charge is 0.270 e. The van der Waals surface area contributed by atoms with Gasteiger partial charge >= 0.3 is 0 Å². The molecule has 2 heterocycles. The number of hydrogen-bond acceptors (Lipinski definition) is 6. The van der Waals surface area contributed by atoms with Gasteiger partial charge in [-0.1, -0.05) is 48.5 Å². The Morgan fingerprint density at radius 3 is 2.37 bits per heavy atom. The highest BCUT2D eigenvalue weighted by molar-refractivity contribution is 5.88. The second kappa shape index (κ2) is 12.2. The molecule has 0 unspecified atom stereocenters. The van der Waals surface area contributed by atoms with Crippen molar-refractivity contribution in [1.82, 2.24) is 14.9 Å². The Morgan fingerprint density at radius 2 is 1.63 bits per heavy atom. The Labute approximate surface area is 235 Å². The lowest BCUT2D eigenvalue weighted by atomic mass is 9.87. The van der Waals surface area contributed by atoms with Crippen LogP contribution in [0.25, 0.3) is 10.9 Å². The van der Waals surface area contributed by atoms with Crippen LogP contribution in [0, 0.1) is 20.2 Å². The fourth-order valence-corrected chi connectivity index (χ4v) is 5.01. The molecule has 0 aliphatic rings. The highest BCUT2D eigenvalue weighted by Crippen LogP contribution is 2.37. The van der Waals surface area contributed by atoms with Crippen molar-refractivity contribution < 1.29 is 14.6 Å². The lowest BCUT2D eigenvalue weighted by Gasteiger charge is -2.17. The number of nitro benzene ring substituents is 2. The Balaban J connectivity index is 1.55. The van der Waals surface area contributed by atoms with E-state index in [-0.39, 0.29) is 23.7 Å². The highest BCUT2D eigenvalue weighted by atomic mass is 16.6. The first-order valence-electron chi connectivity index (χ1n) is 13.1. The van der Waals surface area contributed by atoms with Crippen LogP contribution < -0.4 is 5.32 Å².